The summed E-state index contributed by atoms with van der Waals surface area (Å²) >= 11 is 0. The first-order valence-corrected chi connectivity index (χ1v) is 6.94. The Morgan fingerprint density at radius 1 is 1.26 bits per heavy atom. The molecule has 4 heteroatoms. The zero-order valence-electron chi connectivity index (χ0n) is 11.2. The van der Waals surface area contributed by atoms with Crippen LogP contribution in [0.1, 0.15) is 37.8 Å². The van der Waals surface area contributed by atoms with E-state index in [0.717, 1.165) is 12.1 Å². The first kappa shape index (κ1) is 13.6. The van der Waals surface area contributed by atoms with Gasteiger partial charge in [-0.3, -0.25) is 4.98 Å². The van der Waals surface area contributed by atoms with Crippen molar-refractivity contribution in [3.63, 3.8) is 0 Å². The number of carbonyl (C=O) groups is 1. The van der Waals surface area contributed by atoms with Crippen molar-refractivity contribution in [3.8, 4) is 0 Å². The number of aromatic nitrogens is 1. The number of hydrogen-bond donors (Lipinski definition) is 2. The van der Waals surface area contributed by atoms with Gasteiger partial charge in [-0.05, 0) is 44.2 Å². The minimum atomic E-state index is -0.123. The lowest BCUT2D eigenvalue weighted by Gasteiger charge is -2.13. The molecule has 0 saturated carbocycles. The van der Waals surface area contributed by atoms with Gasteiger partial charge in [0, 0.05) is 12.7 Å². The third-order valence-corrected chi connectivity index (χ3v) is 3.27. The minimum Gasteiger partial charge on any atom is -0.338 e. The van der Waals surface area contributed by atoms with Crippen LogP contribution in [0.4, 0.5) is 4.79 Å². The molecular formula is C15H21N3O. The van der Waals surface area contributed by atoms with Gasteiger partial charge in [0.1, 0.15) is 0 Å². The van der Waals surface area contributed by atoms with Gasteiger partial charge in [0.2, 0.25) is 0 Å². The summed E-state index contributed by atoms with van der Waals surface area (Å²) in [5.41, 5.74) is 2.35. The number of nitrogens with one attached hydrogen (secondary N) is 2. The molecule has 1 aromatic rings. The lowest BCUT2D eigenvalue weighted by molar-refractivity contribution is 0.240. The maximum atomic E-state index is 11.6. The molecule has 102 valence electrons. The molecule has 1 aliphatic rings. The van der Waals surface area contributed by atoms with E-state index < -0.39 is 0 Å². The van der Waals surface area contributed by atoms with E-state index >= 15 is 0 Å². The SMILES string of the molecule is O=C(NCCC1=CCCCC1)NCc1ccccn1. The third-order valence-electron chi connectivity index (χ3n) is 3.27. The van der Waals surface area contributed by atoms with E-state index in [-0.39, 0.29) is 6.03 Å². The van der Waals surface area contributed by atoms with Crippen molar-refractivity contribution in [2.24, 2.45) is 0 Å². The van der Waals surface area contributed by atoms with Crippen LogP contribution in [-0.2, 0) is 6.54 Å². The van der Waals surface area contributed by atoms with Crippen molar-refractivity contribution >= 4 is 6.03 Å². The van der Waals surface area contributed by atoms with Gasteiger partial charge in [-0.2, -0.15) is 0 Å². The predicted molar refractivity (Wildman–Crippen MR) is 75.6 cm³/mol. The van der Waals surface area contributed by atoms with E-state index in [1.165, 1.54) is 31.3 Å². The summed E-state index contributed by atoms with van der Waals surface area (Å²) in [5.74, 6) is 0. The van der Waals surface area contributed by atoms with Crippen LogP contribution in [0.25, 0.3) is 0 Å². The number of carbonyl (C=O) groups excluding carboxylic acids is 1. The average Bonchev–Trinajstić information content (AvgIpc) is 2.47. The fraction of sp³-hybridized carbons (Fsp3) is 0.467. The molecule has 1 aromatic heterocycles. The second kappa shape index (κ2) is 7.56. The molecule has 0 spiro atoms. The van der Waals surface area contributed by atoms with Gasteiger partial charge >= 0.3 is 6.03 Å². The maximum absolute atomic E-state index is 11.6. The van der Waals surface area contributed by atoms with Gasteiger partial charge in [0.15, 0.2) is 0 Å². The third kappa shape index (κ3) is 5.12. The highest BCUT2D eigenvalue weighted by Gasteiger charge is 2.04. The van der Waals surface area contributed by atoms with Gasteiger partial charge in [-0.15, -0.1) is 0 Å². The Morgan fingerprint density at radius 2 is 2.21 bits per heavy atom. The van der Waals surface area contributed by atoms with Crippen LogP contribution in [0.15, 0.2) is 36.0 Å². The summed E-state index contributed by atoms with van der Waals surface area (Å²) in [6.45, 7) is 1.18. The number of rotatable bonds is 5. The van der Waals surface area contributed by atoms with Gasteiger partial charge < -0.3 is 10.6 Å². The van der Waals surface area contributed by atoms with Crippen LogP contribution in [0.5, 0.6) is 0 Å². The highest BCUT2D eigenvalue weighted by Crippen LogP contribution is 2.19. The molecule has 19 heavy (non-hydrogen) atoms. The Balaban J connectivity index is 1.61. The van der Waals surface area contributed by atoms with E-state index in [1.807, 2.05) is 18.2 Å². The van der Waals surface area contributed by atoms with Crippen LogP contribution >= 0.6 is 0 Å². The standard InChI is InChI=1S/C15H21N3O/c19-15(18-12-14-8-4-5-10-16-14)17-11-9-13-6-2-1-3-7-13/h4-6,8,10H,1-3,7,9,11-12H2,(H2,17,18,19). The smallest absolute Gasteiger partial charge is 0.315 e. The molecule has 2 rings (SSSR count). The predicted octanol–water partition coefficient (Wildman–Crippen LogP) is 2.77. The van der Waals surface area contributed by atoms with Crippen LogP contribution in [0, 0.1) is 0 Å². The Bertz CT molecular complexity index is 428. The minimum absolute atomic E-state index is 0.123. The van der Waals surface area contributed by atoms with E-state index in [1.54, 1.807) is 6.20 Å². The van der Waals surface area contributed by atoms with Crippen molar-refractivity contribution in [3.05, 3.63) is 41.7 Å². The molecule has 2 N–H and O–H groups in total. The highest BCUT2D eigenvalue weighted by atomic mass is 16.2. The van der Waals surface area contributed by atoms with Crippen molar-refractivity contribution in [2.45, 2.75) is 38.6 Å². The fourth-order valence-corrected chi connectivity index (χ4v) is 2.20. The molecule has 0 saturated heterocycles. The first-order chi connectivity index (χ1) is 9.34. The zero-order valence-corrected chi connectivity index (χ0v) is 11.2. The molecule has 2 amide bonds. The van der Waals surface area contributed by atoms with Gasteiger partial charge in [0.25, 0.3) is 0 Å². The lowest BCUT2D eigenvalue weighted by Crippen LogP contribution is -2.35. The quantitative estimate of drug-likeness (QED) is 0.799. The topological polar surface area (TPSA) is 54.0 Å². The Hall–Kier alpha value is -1.84. The van der Waals surface area contributed by atoms with Crippen molar-refractivity contribution < 1.29 is 4.79 Å². The van der Waals surface area contributed by atoms with E-state index in [0.29, 0.717) is 13.1 Å². The second-order valence-electron chi connectivity index (χ2n) is 4.79. The zero-order chi connectivity index (χ0) is 13.3. The summed E-state index contributed by atoms with van der Waals surface area (Å²) < 4.78 is 0. The molecular weight excluding hydrogens is 238 g/mol. The molecule has 4 nitrogen and oxygen atoms in total. The number of allylic oxidation sites excluding steroid dienone is 1. The number of nitrogens with zero attached hydrogens (tertiary/aromatic N) is 1. The van der Waals surface area contributed by atoms with Crippen LogP contribution in [0.2, 0.25) is 0 Å². The second-order valence-corrected chi connectivity index (χ2v) is 4.79. The fourth-order valence-electron chi connectivity index (χ4n) is 2.20. The molecule has 1 heterocycles. The number of amides is 2. The maximum Gasteiger partial charge on any atom is 0.315 e. The molecule has 0 atom stereocenters. The van der Waals surface area contributed by atoms with Gasteiger partial charge in [0.05, 0.1) is 12.2 Å². The Labute approximate surface area is 114 Å². The molecule has 1 aliphatic carbocycles. The number of pyridine rings is 1. The normalized spacial score (nSPS) is 14.6. The summed E-state index contributed by atoms with van der Waals surface area (Å²) in [6.07, 6.45) is 10.00. The van der Waals surface area contributed by atoms with Gasteiger partial charge in [-0.1, -0.05) is 17.7 Å². The molecule has 0 aromatic carbocycles. The number of hydrogen-bond acceptors (Lipinski definition) is 2. The van der Waals surface area contributed by atoms with Crippen molar-refractivity contribution in [2.75, 3.05) is 6.54 Å². The van der Waals surface area contributed by atoms with Crippen molar-refractivity contribution in [1.29, 1.82) is 0 Å². The lowest BCUT2D eigenvalue weighted by atomic mass is 9.97. The van der Waals surface area contributed by atoms with Gasteiger partial charge in [-0.25, -0.2) is 4.79 Å². The van der Waals surface area contributed by atoms with E-state index in [9.17, 15) is 4.79 Å². The van der Waals surface area contributed by atoms with E-state index in [4.69, 9.17) is 0 Å². The molecule has 0 radical (unpaired) electrons. The largest absolute Gasteiger partial charge is 0.338 e. The molecule has 0 bridgehead atoms. The van der Waals surface area contributed by atoms with Crippen molar-refractivity contribution in [1.82, 2.24) is 15.6 Å². The monoisotopic (exact) mass is 259 g/mol. The molecule has 0 unspecified atom stereocenters. The van der Waals surface area contributed by atoms with Crippen LogP contribution in [-0.4, -0.2) is 17.6 Å². The highest BCUT2D eigenvalue weighted by molar-refractivity contribution is 5.73. The number of urea groups is 1. The van der Waals surface area contributed by atoms with E-state index in [2.05, 4.69) is 21.7 Å². The molecule has 0 aliphatic heterocycles. The summed E-state index contributed by atoms with van der Waals surface area (Å²) in [7, 11) is 0. The molecule has 0 fully saturated rings. The Morgan fingerprint density at radius 3 is 2.95 bits per heavy atom. The average molecular weight is 259 g/mol. The van der Waals surface area contributed by atoms with Crippen LogP contribution < -0.4 is 10.6 Å². The Kier molecular flexibility index (Phi) is 5.41. The summed E-state index contributed by atoms with van der Waals surface area (Å²) in [5, 5.41) is 5.69. The summed E-state index contributed by atoms with van der Waals surface area (Å²) in [4.78, 5) is 15.7. The first-order valence-electron chi connectivity index (χ1n) is 6.94. The summed E-state index contributed by atoms with van der Waals surface area (Å²) in [6, 6.07) is 5.55. The van der Waals surface area contributed by atoms with Crippen LogP contribution in [0.3, 0.4) is 0 Å².